The third-order valence-electron chi connectivity index (χ3n) is 4.02. The average Bonchev–Trinajstić information content (AvgIpc) is 3.09. The Kier molecular flexibility index (Phi) is 3.42. The van der Waals surface area contributed by atoms with Crippen LogP contribution in [-0.4, -0.2) is 35.8 Å². The van der Waals surface area contributed by atoms with Crippen molar-refractivity contribution in [3.05, 3.63) is 30.1 Å². The van der Waals surface area contributed by atoms with E-state index >= 15 is 0 Å². The molecule has 0 bridgehead atoms. The fourth-order valence-electron chi connectivity index (χ4n) is 2.99. The van der Waals surface area contributed by atoms with Gasteiger partial charge in [-0.25, -0.2) is 4.39 Å². The number of anilines is 1. The van der Waals surface area contributed by atoms with Crippen molar-refractivity contribution < 1.29 is 14.0 Å². The third kappa shape index (κ3) is 2.28. The van der Waals surface area contributed by atoms with E-state index in [1.54, 1.807) is 12.1 Å². The van der Waals surface area contributed by atoms with Crippen LogP contribution in [0.2, 0.25) is 0 Å². The zero-order valence-corrected chi connectivity index (χ0v) is 11.2. The molecule has 0 aromatic heterocycles. The molecule has 1 atom stereocenters. The van der Waals surface area contributed by atoms with E-state index in [9.17, 15) is 14.0 Å². The molecule has 2 aliphatic heterocycles. The van der Waals surface area contributed by atoms with Crippen LogP contribution in [-0.2, 0) is 9.59 Å². The number of rotatable bonds is 2. The molecule has 0 N–H and O–H groups in total. The Bertz CT molecular complexity index is 523. The second-order valence-corrected chi connectivity index (χ2v) is 5.33. The van der Waals surface area contributed by atoms with Crippen LogP contribution in [0.25, 0.3) is 0 Å². The fraction of sp³-hybridized carbons (Fsp3) is 0.467. The molecule has 2 aliphatic rings. The van der Waals surface area contributed by atoms with Gasteiger partial charge in [0.2, 0.25) is 11.8 Å². The first-order chi connectivity index (χ1) is 9.66. The lowest BCUT2D eigenvalue weighted by molar-refractivity contribution is -0.132. The molecule has 0 saturated carbocycles. The van der Waals surface area contributed by atoms with Crippen molar-refractivity contribution in [2.45, 2.75) is 31.7 Å². The molecular formula is C15H17FN2O2. The number of carbonyl (C=O) groups excluding carboxylic acids is 2. The SMILES string of the molecule is O=C(C1CCC(=O)N1c1ccc(F)cc1)N1CCCC1. The summed E-state index contributed by atoms with van der Waals surface area (Å²) in [5.74, 6) is -0.380. The van der Waals surface area contributed by atoms with E-state index < -0.39 is 6.04 Å². The molecule has 5 heteroatoms. The maximum Gasteiger partial charge on any atom is 0.245 e. The van der Waals surface area contributed by atoms with Gasteiger partial charge in [-0.05, 0) is 43.5 Å². The minimum atomic E-state index is -0.425. The number of hydrogen-bond donors (Lipinski definition) is 0. The highest BCUT2D eigenvalue weighted by atomic mass is 19.1. The van der Waals surface area contributed by atoms with Gasteiger partial charge in [0, 0.05) is 25.2 Å². The van der Waals surface area contributed by atoms with Crippen LogP contribution >= 0.6 is 0 Å². The first kappa shape index (κ1) is 13.1. The van der Waals surface area contributed by atoms with Crippen molar-refractivity contribution in [2.24, 2.45) is 0 Å². The fourth-order valence-corrected chi connectivity index (χ4v) is 2.99. The van der Waals surface area contributed by atoms with Crippen LogP contribution in [0.5, 0.6) is 0 Å². The predicted molar refractivity (Wildman–Crippen MR) is 72.7 cm³/mol. The van der Waals surface area contributed by atoms with E-state index in [1.165, 1.54) is 17.0 Å². The van der Waals surface area contributed by atoms with Gasteiger partial charge in [-0.2, -0.15) is 0 Å². The van der Waals surface area contributed by atoms with Gasteiger partial charge in [0.05, 0.1) is 0 Å². The normalized spacial score (nSPS) is 22.6. The smallest absolute Gasteiger partial charge is 0.245 e. The molecule has 2 saturated heterocycles. The van der Waals surface area contributed by atoms with Crippen LogP contribution in [0.3, 0.4) is 0 Å². The average molecular weight is 276 g/mol. The van der Waals surface area contributed by atoms with Crippen molar-refractivity contribution in [1.29, 1.82) is 0 Å². The van der Waals surface area contributed by atoms with Crippen LogP contribution < -0.4 is 4.90 Å². The van der Waals surface area contributed by atoms with Crippen LogP contribution in [0.4, 0.5) is 10.1 Å². The van der Waals surface area contributed by atoms with E-state index in [0.717, 1.165) is 25.9 Å². The zero-order chi connectivity index (χ0) is 14.1. The topological polar surface area (TPSA) is 40.6 Å². The molecule has 0 spiro atoms. The van der Waals surface area contributed by atoms with Crippen LogP contribution in [0.1, 0.15) is 25.7 Å². The summed E-state index contributed by atoms with van der Waals surface area (Å²) < 4.78 is 13.0. The molecule has 0 aliphatic carbocycles. The summed E-state index contributed by atoms with van der Waals surface area (Å²) in [5, 5.41) is 0. The third-order valence-corrected chi connectivity index (χ3v) is 4.02. The largest absolute Gasteiger partial charge is 0.341 e. The van der Waals surface area contributed by atoms with Gasteiger partial charge in [0.15, 0.2) is 0 Å². The van der Waals surface area contributed by atoms with Gasteiger partial charge in [0.25, 0.3) is 0 Å². The predicted octanol–water partition coefficient (Wildman–Crippen LogP) is 1.94. The summed E-state index contributed by atoms with van der Waals surface area (Å²) in [6.45, 7) is 1.56. The lowest BCUT2D eigenvalue weighted by Gasteiger charge is -2.27. The van der Waals surface area contributed by atoms with Crippen molar-refractivity contribution in [3.8, 4) is 0 Å². The molecular weight excluding hydrogens is 259 g/mol. The first-order valence-corrected chi connectivity index (χ1v) is 7.03. The Balaban J connectivity index is 1.84. The van der Waals surface area contributed by atoms with E-state index in [1.807, 2.05) is 4.90 Å². The Morgan fingerprint density at radius 1 is 1.15 bits per heavy atom. The number of carbonyl (C=O) groups is 2. The van der Waals surface area contributed by atoms with E-state index in [0.29, 0.717) is 18.5 Å². The summed E-state index contributed by atoms with van der Waals surface area (Å²) >= 11 is 0. The first-order valence-electron chi connectivity index (χ1n) is 7.03. The maximum atomic E-state index is 13.0. The molecule has 0 radical (unpaired) electrons. The highest BCUT2D eigenvalue weighted by Crippen LogP contribution is 2.28. The van der Waals surface area contributed by atoms with Gasteiger partial charge in [0.1, 0.15) is 11.9 Å². The molecule has 1 unspecified atom stereocenters. The summed E-state index contributed by atoms with van der Waals surface area (Å²) in [6.07, 6.45) is 2.99. The highest BCUT2D eigenvalue weighted by Gasteiger charge is 2.39. The second-order valence-electron chi connectivity index (χ2n) is 5.33. The molecule has 1 aromatic carbocycles. The zero-order valence-electron chi connectivity index (χ0n) is 11.2. The minimum Gasteiger partial charge on any atom is -0.341 e. The molecule has 4 nitrogen and oxygen atoms in total. The van der Waals surface area contributed by atoms with Crippen molar-refractivity contribution in [3.63, 3.8) is 0 Å². The number of likely N-dealkylation sites (tertiary alicyclic amines) is 1. The van der Waals surface area contributed by atoms with Gasteiger partial charge in [-0.1, -0.05) is 0 Å². The molecule has 20 heavy (non-hydrogen) atoms. The van der Waals surface area contributed by atoms with Crippen LogP contribution in [0, 0.1) is 5.82 Å². The Morgan fingerprint density at radius 2 is 1.80 bits per heavy atom. The summed E-state index contributed by atoms with van der Waals surface area (Å²) in [5.41, 5.74) is 0.603. The standard InChI is InChI=1S/C15H17FN2O2/c16-11-3-5-12(6-4-11)18-13(7-8-14(18)19)15(20)17-9-1-2-10-17/h3-6,13H,1-2,7-10H2. The Hall–Kier alpha value is -1.91. The molecule has 2 fully saturated rings. The number of benzene rings is 1. The monoisotopic (exact) mass is 276 g/mol. The number of hydrogen-bond acceptors (Lipinski definition) is 2. The number of halogens is 1. The number of nitrogens with zero attached hydrogens (tertiary/aromatic N) is 2. The number of amides is 2. The second kappa shape index (κ2) is 5.23. The molecule has 1 aromatic rings. The van der Waals surface area contributed by atoms with Crippen molar-refractivity contribution in [1.82, 2.24) is 4.90 Å². The minimum absolute atomic E-state index is 0.0256. The Morgan fingerprint density at radius 3 is 2.45 bits per heavy atom. The lowest BCUT2D eigenvalue weighted by atomic mass is 10.1. The highest BCUT2D eigenvalue weighted by molar-refractivity contribution is 6.03. The summed E-state index contributed by atoms with van der Waals surface area (Å²) in [7, 11) is 0. The van der Waals surface area contributed by atoms with E-state index in [-0.39, 0.29) is 17.6 Å². The van der Waals surface area contributed by atoms with Gasteiger partial charge in [-0.15, -0.1) is 0 Å². The van der Waals surface area contributed by atoms with Crippen molar-refractivity contribution >= 4 is 17.5 Å². The van der Waals surface area contributed by atoms with E-state index in [4.69, 9.17) is 0 Å². The molecule has 106 valence electrons. The Labute approximate surface area is 117 Å². The summed E-state index contributed by atoms with van der Waals surface area (Å²) in [6, 6.07) is 5.33. The molecule has 2 amide bonds. The van der Waals surface area contributed by atoms with Crippen LogP contribution in [0.15, 0.2) is 24.3 Å². The van der Waals surface area contributed by atoms with Gasteiger partial charge in [-0.3, -0.25) is 14.5 Å². The van der Waals surface area contributed by atoms with Gasteiger partial charge < -0.3 is 4.90 Å². The molecule has 2 heterocycles. The maximum absolute atomic E-state index is 13.0. The van der Waals surface area contributed by atoms with Crippen molar-refractivity contribution in [2.75, 3.05) is 18.0 Å². The summed E-state index contributed by atoms with van der Waals surface area (Å²) in [4.78, 5) is 27.9. The quantitative estimate of drug-likeness (QED) is 0.828. The van der Waals surface area contributed by atoms with Gasteiger partial charge >= 0.3 is 0 Å². The van der Waals surface area contributed by atoms with E-state index in [2.05, 4.69) is 0 Å². The lowest BCUT2D eigenvalue weighted by Crippen LogP contribution is -2.46. The molecule has 3 rings (SSSR count).